The molecule has 3 aliphatic rings. The van der Waals surface area contributed by atoms with Crippen LogP contribution in [0.4, 0.5) is 5.69 Å². The SMILES string of the molecule is C=CC(C)=CC=C1CC2(CCCC2)c2cc(N3CCCC(C=C)=C3C=CC)ccc21. The third kappa shape index (κ3) is 3.67. The molecule has 156 valence electrons. The first kappa shape index (κ1) is 20.7. The molecule has 1 spiro atoms. The molecule has 2 aliphatic carbocycles. The van der Waals surface area contributed by atoms with Gasteiger partial charge in [-0.3, -0.25) is 0 Å². The van der Waals surface area contributed by atoms with Crippen LogP contribution in [0.2, 0.25) is 0 Å². The lowest BCUT2D eigenvalue weighted by Gasteiger charge is -2.33. The molecule has 1 aromatic carbocycles. The van der Waals surface area contributed by atoms with Gasteiger partial charge in [0.1, 0.15) is 0 Å². The molecule has 0 aromatic heterocycles. The molecular weight excluding hydrogens is 362 g/mol. The second-order valence-corrected chi connectivity index (χ2v) is 9.07. The van der Waals surface area contributed by atoms with Crippen LogP contribution in [0.15, 0.2) is 84.7 Å². The van der Waals surface area contributed by atoms with Crippen LogP contribution in [-0.2, 0) is 5.41 Å². The number of fused-ring (bicyclic) bond motifs is 2. The monoisotopic (exact) mass is 397 g/mol. The summed E-state index contributed by atoms with van der Waals surface area (Å²) in [7, 11) is 0. The van der Waals surface area contributed by atoms with Gasteiger partial charge in [-0.05, 0) is 86.4 Å². The molecule has 0 N–H and O–H groups in total. The zero-order valence-electron chi connectivity index (χ0n) is 18.7. The Labute approximate surface area is 182 Å². The number of hydrogen-bond donors (Lipinski definition) is 0. The average molecular weight is 398 g/mol. The Bertz CT molecular complexity index is 960. The van der Waals surface area contributed by atoms with Gasteiger partial charge in [-0.15, -0.1) is 0 Å². The molecule has 1 aromatic rings. The van der Waals surface area contributed by atoms with Crippen molar-refractivity contribution in [1.82, 2.24) is 0 Å². The van der Waals surface area contributed by atoms with Crippen LogP contribution in [0.3, 0.4) is 0 Å². The summed E-state index contributed by atoms with van der Waals surface area (Å²) < 4.78 is 0. The zero-order chi connectivity index (χ0) is 21.1. The molecule has 4 rings (SSSR count). The van der Waals surface area contributed by atoms with Crippen LogP contribution in [0.25, 0.3) is 5.57 Å². The summed E-state index contributed by atoms with van der Waals surface area (Å²) in [5, 5.41) is 0. The van der Waals surface area contributed by atoms with Crippen molar-refractivity contribution < 1.29 is 0 Å². The molecule has 0 bridgehead atoms. The molecule has 0 radical (unpaired) electrons. The summed E-state index contributed by atoms with van der Waals surface area (Å²) in [4.78, 5) is 2.51. The van der Waals surface area contributed by atoms with Gasteiger partial charge in [-0.25, -0.2) is 0 Å². The van der Waals surface area contributed by atoms with Gasteiger partial charge in [-0.1, -0.05) is 68.0 Å². The first-order chi connectivity index (χ1) is 14.6. The standard InChI is InChI=1S/C29H35N/c1-5-11-28-23(7-3)12-10-19-30(28)25-15-16-26-24(14-13-22(4)6-2)21-29(27(26)20-25)17-8-9-18-29/h5-7,11,13-16,20H,2-3,8-10,12,17-19,21H2,1,4H3. The highest BCUT2D eigenvalue weighted by atomic mass is 15.1. The van der Waals surface area contributed by atoms with Gasteiger partial charge >= 0.3 is 0 Å². The average Bonchev–Trinajstić information content (AvgIpc) is 3.37. The Morgan fingerprint density at radius 2 is 1.93 bits per heavy atom. The minimum Gasteiger partial charge on any atom is -0.341 e. The first-order valence-electron chi connectivity index (χ1n) is 11.5. The second kappa shape index (κ2) is 8.68. The lowest BCUT2D eigenvalue weighted by atomic mass is 9.80. The molecule has 1 nitrogen and oxygen atoms in total. The Balaban J connectivity index is 1.80. The molecule has 30 heavy (non-hydrogen) atoms. The maximum atomic E-state index is 4.07. The summed E-state index contributed by atoms with van der Waals surface area (Å²) in [6.07, 6.45) is 21.8. The number of nitrogens with zero attached hydrogens (tertiary/aromatic N) is 1. The lowest BCUT2D eigenvalue weighted by Crippen LogP contribution is -2.28. The number of hydrogen-bond acceptors (Lipinski definition) is 1. The van der Waals surface area contributed by atoms with E-state index in [9.17, 15) is 0 Å². The fraction of sp³-hybridized carbons (Fsp3) is 0.379. The van der Waals surface area contributed by atoms with Crippen molar-refractivity contribution in [3.05, 3.63) is 95.8 Å². The molecule has 1 aliphatic heterocycles. The van der Waals surface area contributed by atoms with Crippen molar-refractivity contribution >= 4 is 11.3 Å². The van der Waals surface area contributed by atoms with E-state index in [-0.39, 0.29) is 0 Å². The minimum atomic E-state index is 0.342. The van der Waals surface area contributed by atoms with Crippen molar-refractivity contribution in [1.29, 1.82) is 0 Å². The fourth-order valence-electron chi connectivity index (χ4n) is 5.60. The van der Waals surface area contributed by atoms with E-state index >= 15 is 0 Å². The smallest absolute Gasteiger partial charge is 0.0439 e. The number of anilines is 1. The van der Waals surface area contributed by atoms with Crippen LogP contribution < -0.4 is 4.90 Å². The first-order valence-corrected chi connectivity index (χ1v) is 11.5. The van der Waals surface area contributed by atoms with E-state index in [0.29, 0.717) is 5.41 Å². The highest BCUT2D eigenvalue weighted by Crippen LogP contribution is 2.55. The third-order valence-corrected chi connectivity index (χ3v) is 7.21. The van der Waals surface area contributed by atoms with Gasteiger partial charge in [0.25, 0.3) is 0 Å². The predicted molar refractivity (Wildman–Crippen MR) is 132 cm³/mol. The molecule has 1 heteroatoms. The van der Waals surface area contributed by atoms with Crippen LogP contribution in [-0.4, -0.2) is 6.54 Å². The highest BCUT2D eigenvalue weighted by molar-refractivity contribution is 5.79. The largest absolute Gasteiger partial charge is 0.341 e. The van der Waals surface area contributed by atoms with Crippen LogP contribution in [0, 0.1) is 0 Å². The molecule has 1 fully saturated rings. The number of benzene rings is 1. The lowest BCUT2D eigenvalue weighted by molar-refractivity contribution is 0.469. The van der Waals surface area contributed by atoms with Gasteiger partial charge in [0, 0.05) is 23.3 Å². The van der Waals surface area contributed by atoms with Gasteiger partial charge in [0.15, 0.2) is 0 Å². The normalized spacial score (nSPS) is 22.4. The van der Waals surface area contributed by atoms with Gasteiger partial charge in [-0.2, -0.15) is 0 Å². The van der Waals surface area contributed by atoms with Crippen molar-refractivity contribution in [2.45, 2.75) is 64.2 Å². The minimum absolute atomic E-state index is 0.342. The highest BCUT2D eigenvalue weighted by Gasteiger charge is 2.43. The Kier molecular flexibility index (Phi) is 5.99. The molecule has 1 heterocycles. The Morgan fingerprint density at radius 1 is 1.13 bits per heavy atom. The maximum Gasteiger partial charge on any atom is 0.0439 e. The number of rotatable bonds is 5. The van der Waals surface area contributed by atoms with E-state index in [1.165, 1.54) is 72.2 Å². The predicted octanol–water partition coefficient (Wildman–Crippen LogP) is 8.03. The fourth-order valence-corrected chi connectivity index (χ4v) is 5.60. The Hall–Kier alpha value is -2.54. The van der Waals surface area contributed by atoms with Gasteiger partial charge < -0.3 is 4.90 Å². The van der Waals surface area contributed by atoms with Crippen molar-refractivity contribution in [3.63, 3.8) is 0 Å². The van der Waals surface area contributed by atoms with Crippen LogP contribution in [0.1, 0.15) is 69.9 Å². The molecule has 0 saturated heterocycles. The molecule has 0 unspecified atom stereocenters. The van der Waals surface area contributed by atoms with E-state index in [1.807, 2.05) is 12.2 Å². The van der Waals surface area contributed by atoms with E-state index in [4.69, 9.17) is 0 Å². The molecule has 0 atom stereocenters. The van der Waals surface area contributed by atoms with Gasteiger partial charge in [0.05, 0.1) is 0 Å². The topological polar surface area (TPSA) is 3.24 Å². The van der Waals surface area contributed by atoms with Crippen molar-refractivity contribution in [3.8, 4) is 0 Å². The number of allylic oxidation sites excluding steroid dienone is 9. The molecular formula is C29H35N. The van der Waals surface area contributed by atoms with E-state index in [0.717, 1.165) is 13.0 Å². The summed E-state index contributed by atoms with van der Waals surface area (Å²) in [5.41, 5.74) is 10.1. The molecule has 1 saturated carbocycles. The van der Waals surface area contributed by atoms with Crippen LogP contribution in [0.5, 0.6) is 0 Å². The summed E-state index contributed by atoms with van der Waals surface area (Å²) in [5.74, 6) is 0. The van der Waals surface area contributed by atoms with E-state index in [2.05, 4.69) is 74.4 Å². The maximum absolute atomic E-state index is 4.07. The van der Waals surface area contributed by atoms with Crippen LogP contribution >= 0.6 is 0 Å². The van der Waals surface area contributed by atoms with Crippen molar-refractivity contribution in [2.24, 2.45) is 0 Å². The summed E-state index contributed by atoms with van der Waals surface area (Å²) >= 11 is 0. The Morgan fingerprint density at radius 3 is 2.63 bits per heavy atom. The van der Waals surface area contributed by atoms with E-state index < -0.39 is 0 Å². The summed E-state index contributed by atoms with van der Waals surface area (Å²) in [6, 6.07) is 7.23. The van der Waals surface area contributed by atoms with Gasteiger partial charge in [0.2, 0.25) is 0 Å². The van der Waals surface area contributed by atoms with Crippen molar-refractivity contribution in [2.75, 3.05) is 11.4 Å². The van der Waals surface area contributed by atoms with E-state index in [1.54, 1.807) is 5.56 Å². The second-order valence-electron chi connectivity index (χ2n) is 9.07. The molecule has 0 amide bonds. The summed E-state index contributed by atoms with van der Waals surface area (Å²) in [6.45, 7) is 13.3. The zero-order valence-corrected chi connectivity index (χ0v) is 18.7. The quantitative estimate of drug-likeness (QED) is 0.454. The third-order valence-electron chi connectivity index (χ3n) is 7.21.